The minimum atomic E-state index is -0.834. The number of rotatable bonds is 7. The van der Waals surface area contributed by atoms with E-state index in [2.05, 4.69) is 27.2 Å². The Kier molecular flexibility index (Phi) is 6.61. The van der Waals surface area contributed by atoms with Crippen LogP contribution in [-0.4, -0.2) is 52.1 Å². The van der Waals surface area contributed by atoms with E-state index in [1.165, 1.54) is 18.2 Å². The fourth-order valence-corrected chi connectivity index (χ4v) is 4.75. The third-order valence-corrected chi connectivity index (χ3v) is 6.71. The standard InChI is InChI=1S/C28H29FN4O3/c1-17-12-21(36-16-20-7-5-11-33(20)2)15-25(30-17)28(35)32-27(22-14-19(29)9-10-26(22)34)24-13-18-6-3-4-8-23(18)31-24/h3-4,6,8-10,12-15,20,27,31,34H,5,7,11,16H2,1-2H3,(H,32,35). The summed E-state index contributed by atoms with van der Waals surface area (Å²) in [6.45, 7) is 3.40. The molecule has 0 aliphatic carbocycles. The third kappa shape index (κ3) is 5.04. The van der Waals surface area contributed by atoms with Gasteiger partial charge in [0.25, 0.3) is 5.91 Å². The average Bonchev–Trinajstić information content (AvgIpc) is 3.48. The van der Waals surface area contributed by atoms with Crippen molar-refractivity contribution in [1.82, 2.24) is 20.2 Å². The maximum absolute atomic E-state index is 14.2. The molecule has 3 N–H and O–H groups in total. The zero-order chi connectivity index (χ0) is 25.2. The van der Waals surface area contributed by atoms with Gasteiger partial charge in [-0.2, -0.15) is 0 Å². The zero-order valence-electron chi connectivity index (χ0n) is 20.3. The van der Waals surface area contributed by atoms with Gasteiger partial charge in [-0.3, -0.25) is 4.79 Å². The Bertz CT molecular complexity index is 1370. The first-order valence-corrected chi connectivity index (χ1v) is 12.1. The second-order valence-corrected chi connectivity index (χ2v) is 9.34. The lowest BCUT2D eigenvalue weighted by molar-refractivity contribution is 0.0936. The fraction of sp³-hybridized carbons (Fsp3) is 0.286. The first-order valence-electron chi connectivity index (χ1n) is 12.1. The molecule has 186 valence electrons. The molecule has 5 rings (SSSR count). The number of amides is 1. The summed E-state index contributed by atoms with van der Waals surface area (Å²) in [5, 5.41) is 14.4. The van der Waals surface area contributed by atoms with Crippen LogP contribution in [0.5, 0.6) is 11.5 Å². The quantitative estimate of drug-likeness (QED) is 0.351. The summed E-state index contributed by atoms with van der Waals surface area (Å²) in [5.74, 6) is -0.528. The number of benzene rings is 2. The molecule has 7 nitrogen and oxygen atoms in total. The molecule has 1 amide bonds. The molecule has 1 aliphatic rings. The summed E-state index contributed by atoms with van der Waals surface area (Å²) >= 11 is 0. The highest BCUT2D eigenvalue weighted by Crippen LogP contribution is 2.32. The molecule has 2 aromatic heterocycles. The Morgan fingerprint density at radius 2 is 2.08 bits per heavy atom. The summed E-state index contributed by atoms with van der Waals surface area (Å²) in [4.78, 5) is 23.4. The first kappa shape index (κ1) is 23.8. The highest BCUT2D eigenvalue weighted by molar-refractivity contribution is 5.93. The fourth-order valence-electron chi connectivity index (χ4n) is 4.75. The summed E-state index contributed by atoms with van der Waals surface area (Å²) in [6.07, 6.45) is 2.23. The molecule has 2 unspecified atom stereocenters. The molecular formula is C28H29FN4O3. The Morgan fingerprint density at radius 1 is 1.25 bits per heavy atom. The molecule has 2 atom stereocenters. The molecule has 1 fully saturated rings. The Hall–Kier alpha value is -3.91. The molecule has 8 heteroatoms. The number of ether oxygens (including phenoxy) is 1. The number of nitrogens with zero attached hydrogens (tertiary/aromatic N) is 2. The highest BCUT2D eigenvalue weighted by atomic mass is 19.1. The molecule has 2 aromatic carbocycles. The van der Waals surface area contributed by atoms with Crippen LogP contribution in [0.4, 0.5) is 4.39 Å². The molecular weight excluding hydrogens is 459 g/mol. The SMILES string of the molecule is Cc1cc(OCC2CCCN2C)cc(C(=O)NC(c2cc3ccccc3[nH]2)c2cc(F)ccc2O)n1. The number of phenols is 1. The minimum absolute atomic E-state index is 0.123. The number of hydrogen-bond acceptors (Lipinski definition) is 5. The van der Waals surface area contributed by atoms with Crippen LogP contribution < -0.4 is 10.1 Å². The number of para-hydroxylation sites is 1. The number of hydrogen-bond donors (Lipinski definition) is 3. The molecule has 36 heavy (non-hydrogen) atoms. The number of likely N-dealkylation sites (N-methyl/N-ethyl adjacent to an activating group) is 1. The van der Waals surface area contributed by atoms with Gasteiger partial charge in [-0.1, -0.05) is 18.2 Å². The number of aromatic nitrogens is 2. The van der Waals surface area contributed by atoms with E-state index in [1.54, 1.807) is 19.1 Å². The zero-order valence-corrected chi connectivity index (χ0v) is 20.3. The third-order valence-electron chi connectivity index (χ3n) is 6.71. The molecule has 0 radical (unpaired) electrons. The second-order valence-electron chi connectivity index (χ2n) is 9.34. The number of likely N-dealkylation sites (tertiary alicyclic amines) is 1. The van der Waals surface area contributed by atoms with Gasteiger partial charge in [0.2, 0.25) is 0 Å². The number of aromatic amines is 1. The van der Waals surface area contributed by atoms with Gasteiger partial charge in [0.1, 0.15) is 29.6 Å². The van der Waals surface area contributed by atoms with Crippen LogP contribution in [0.3, 0.4) is 0 Å². The number of carbonyl (C=O) groups is 1. The van der Waals surface area contributed by atoms with E-state index in [-0.39, 0.29) is 17.0 Å². The van der Waals surface area contributed by atoms with Gasteiger partial charge in [-0.05, 0) is 69.1 Å². The largest absolute Gasteiger partial charge is 0.508 e. The van der Waals surface area contributed by atoms with Crippen molar-refractivity contribution in [3.8, 4) is 11.5 Å². The predicted octanol–water partition coefficient (Wildman–Crippen LogP) is 4.71. The number of halogens is 1. The Morgan fingerprint density at radius 3 is 2.86 bits per heavy atom. The van der Waals surface area contributed by atoms with E-state index < -0.39 is 17.8 Å². The van der Waals surface area contributed by atoms with Crippen molar-refractivity contribution in [3.05, 3.63) is 89.1 Å². The number of aromatic hydroxyl groups is 1. The van der Waals surface area contributed by atoms with Crippen molar-refractivity contribution in [2.75, 3.05) is 20.2 Å². The van der Waals surface area contributed by atoms with Crippen molar-refractivity contribution in [2.24, 2.45) is 0 Å². The van der Waals surface area contributed by atoms with E-state index in [9.17, 15) is 14.3 Å². The Labute approximate surface area is 208 Å². The summed E-state index contributed by atoms with van der Waals surface area (Å²) in [6, 6.07) is 16.2. The topological polar surface area (TPSA) is 90.5 Å². The van der Waals surface area contributed by atoms with Gasteiger partial charge in [0.15, 0.2) is 0 Å². The van der Waals surface area contributed by atoms with Crippen LogP contribution in [0.2, 0.25) is 0 Å². The van der Waals surface area contributed by atoms with Gasteiger partial charge >= 0.3 is 0 Å². The lowest BCUT2D eigenvalue weighted by Crippen LogP contribution is -2.31. The molecule has 0 bridgehead atoms. The van der Waals surface area contributed by atoms with Gasteiger partial charge in [-0.25, -0.2) is 9.37 Å². The number of pyridine rings is 1. The predicted molar refractivity (Wildman–Crippen MR) is 136 cm³/mol. The van der Waals surface area contributed by atoms with Crippen LogP contribution in [0, 0.1) is 12.7 Å². The number of H-pyrrole nitrogens is 1. The maximum atomic E-state index is 14.2. The maximum Gasteiger partial charge on any atom is 0.270 e. The van der Waals surface area contributed by atoms with Crippen LogP contribution in [-0.2, 0) is 0 Å². The lowest BCUT2D eigenvalue weighted by Gasteiger charge is -2.21. The number of phenolic OH excluding ortho intramolecular Hbond substituents is 1. The van der Waals surface area contributed by atoms with Crippen molar-refractivity contribution >= 4 is 16.8 Å². The molecule has 4 aromatic rings. The van der Waals surface area contributed by atoms with Crippen molar-refractivity contribution in [1.29, 1.82) is 0 Å². The summed E-state index contributed by atoms with van der Waals surface area (Å²) in [7, 11) is 2.09. The van der Waals surface area contributed by atoms with E-state index in [1.807, 2.05) is 30.3 Å². The molecule has 1 aliphatic heterocycles. The van der Waals surface area contributed by atoms with Crippen molar-refractivity contribution in [2.45, 2.75) is 31.8 Å². The number of aryl methyl sites for hydroxylation is 1. The molecule has 1 saturated heterocycles. The molecule has 3 heterocycles. The van der Waals surface area contributed by atoms with Crippen molar-refractivity contribution in [3.63, 3.8) is 0 Å². The lowest BCUT2D eigenvalue weighted by atomic mass is 10.0. The summed E-state index contributed by atoms with van der Waals surface area (Å²) < 4.78 is 20.2. The number of fused-ring (bicyclic) bond motifs is 1. The van der Waals surface area contributed by atoms with Gasteiger partial charge in [0.05, 0.1) is 6.04 Å². The van der Waals surface area contributed by atoms with Crippen LogP contribution >= 0.6 is 0 Å². The molecule has 0 saturated carbocycles. The van der Waals surface area contributed by atoms with Crippen LogP contribution in [0.1, 0.15) is 46.3 Å². The first-order chi connectivity index (χ1) is 17.4. The highest BCUT2D eigenvalue weighted by Gasteiger charge is 2.25. The second kappa shape index (κ2) is 9.99. The van der Waals surface area contributed by atoms with E-state index in [0.717, 1.165) is 30.3 Å². The number of nitrogens with one attached hydrogen (secondary N) is 2. The minimum Gasteiger partial charge on any atom is -0.508 e. The monoisotopic (exact) mass is 488 g/mol. The van der Waals surface area contributed by atoms with Crippen LogP contribution in [0.15, 0.2) is 60.7 Å². The van der Waals surface area contributed by atoms with Gasteiger partial charge in [0, 0.05) is 40.6 Å². The molecule has 0 spiro atoms. The van der Waals surface area contributed by atoms with E-state index >= 15 is 0 Å². The van der Waals surface area contributed by atoms with Crippen molar-refractivity contribution < 1.29 is 19.0 Å². The Balaban J connectivity index is 1.44. The van der Waals surface area contributed by atoms with E-state index in [0.29, 0.717) is 29.8 Å². The van der Waals surface area contributed by atoms with Gasteiger partial charge < -0.3 is 25.0 Å². The van der Waals surface area contributed by atoms with Gasteiger partial charge in [-0.15, -0.1) is 0 Å². The number of carbonyl (C=O) groups excluding carboxylic acids is 1. The van der Waals surface area contributed by atoms with E-state index in [4.69, 9.17) is 4.74 Å². The normalized spacial score (nSPS) is 16.8. The smallest absolute Gasteiger partial charge is 0.270 e. The average molecular weight is 489 g/mol. The van der Waals surface area contributed by atoms with Crippen LogP contribution in [0.25, 0.3) is 10.9 Å². The summed E-state index contributed by atoms with van der Waals surface area (Å²) in [5.41, 5.74) is 2.54.